The first-order valence-corrected chi connectivity index (χ1v) is 8.80. The Balaban J connectivity index is 3.87. The van der Waals surface area contributed by atoms with Gasteiger partial charge in [-0.1, -0.05) is 0 Å². The third-order valence-corrected chi connectivity index (χ3v) is 3.90. The first-order valence-electron chi connectivity index (χ1n) is 8.80. The number of nitrogens with one attached hydrogen (secondary N) is 2. The van der Waals surface area contributed by atoms with Gasteiger partial charge < -0.3 is 20.3 Å². The Morgan fingerprint density at radius 3 is 2.13 bits per heavy atom. The van der Waals surface area contributed by atoms with Crippen LogP contribution < -0.4 is 10.6 Å². The topological polar surface area (TPSA) is 52.1 Å². The van der Waals surface area contributed by atoms with Crippen LogP contribution in [-0.4, -0.2) is 88.4 Å². The maximum absolute atomic E-state index is 5.08. The zero-order valence-electron chi connectivity index (χ0n) is 16.4. The highest BCUT2D eigenvalue weighted by Gasteiger charge is 2.12. The van der Waals surface area contributed by atoms with E-state index < -0.39 is 0 Å². The van der Waals surface area contributed by atoms with Crippen molar-refractivity contribution in [3.8, 4) is 0 Å². The molecule has 0 aliphatic heterocycles. The first kappa shape index (κ1) is 22.1. The molecule has 0 bridgehead atoms. The smallest absolute Gasteiger partial charge is 0.191 e. The summed E-state index contributed by atoms with van der Waals surface area (Å²) in [5.74, 6) is 0.886. The van der Waals surface area contributed by atoms with Crippen molar-refractivity contribution in [3.05, 3.63) is 0 Å². The summed E-state index contributed by atoms with van der Waals surface area (Å²) < 4.78 is 5.08. The second-order valence-corrected chi connectivity index (χ2v) is 6.50. The molecule has 138 valence electrons. The molecule has 0 aliphatic rings. The predicted octanol–water partition coefficient (Wildman–Crippen LogP) is 1.24. The largest absolute Gasteiger partial charge is 0.383 e. The molecular weight excluding hydrogens is 290 g/mol. The van der Waals surface area contributed by atoms with E-state index in [4.69, 9.17) is 4.74 Å². The number of guanidine groups is 1. The fourth-order valence-electron chi connectivity index (χ4n) is 2.55. The van der Waals surface area contributed by atoms with Crippen molar-refractivity contribution in [1.29, 1.82) is 0 Å². The van der Waals surface area contributed by atoms with Crippen LogP contribution in [0.4, 0.5) is 0 Å². The van der Waals surface area contributed by atoms with Gasteiger partial charge in [-0.3, -0.25) is 9.89 Å². The molecule has 0 amide bonds. The van der Waals surface area contributed by atoms with Crippen molar-refractivity contribution < 1.29 is 4.74 Å². The summed E-state index contributed by atoms with van der Waals surface area (Å²) >= 11 is 0. The minimum absolute atomic E-state index is 0.564. The van der Waals surface area contributed by atoms with Gasteiger partial charge in [-0.25, -0.2) is 0 Å². The van der Waals surface area contributed by atoms with Crippen molar-refractivity contribution in [2.24, 2.45) is 4.99 Å². The van der Waals surface area contributed by atoms with E-state index in [0.717, 1.165) is 51.7 Å². The van der Waals surface area contributed by atoms with Gasteiger partial charge >= 0.3 is 0 Å². The molecule has 0 rings (SSSR count). The van der Waals surface area contributed by atoms with Crippen molar-refractivity contribution in [3.63, 3.8) is 0 Å². The Kier molecular flexibility index (Phi) is 13.1. The van der Waals surface area contributed by atoms with Crippen molar-refractivity contribution >= 4 is 5.96 Å². The Labute approximate surface area is 143 Å². The minimum atomic E-state index is 0.564. The minimum Gasteiger partial charge on any atom is -0.383 e. The molecule has 2 N–H and O–H groups in total. The lowest BCUT2D eigenvalue weighted by Gasteiger charge is -2.30. The summed E-state index contributed by atoms with van der Waals surface area (Å²) in [4.78, 5) is 9.04. The molecule has 6 nitrogen and oxygen atoms in total. The molecule has 0 radical (unpaired) electrons. The van der Waals surface area contributed by atoms with E-state index in [1.54, 1.807) is 7.11 Å². The Morgan fingerprint density at radius 1 is 1.00 bits per heavy atom. The third kappa shape index (κ3) is 11.3. The highest BCUT2D eigenvalue weighted by molar-refractivity contribution is 5.79. The summed E-state index contributed by atoms with van der Waals surface area (Å²) in [5.41, 5.74) is 0. The van der Waals surface area contributed by atoms with E-state index in [2.05, 4.69) is 60.2 Å². The lowest BCUT2D eigenvalue weighted by atomic mass is 10.2. The molecule has 0 atom stereocenters. The fraction of sp³-hybridized carbons (Fsp3) is 0.941. The highest BCUT2D eigenvalue weighted by Crippen LogP contribution is 2.03. The summed E-state index contributed by atoms with van der Waals surface area (Å²) in [6.07, 6.45) is 1.09. The molecule has 0 spiro atoms. The second kappa shape index (κ2) is 13.6. The molecule has 0 saturated heterocycles. The van der Waals surface area contributed by atoms with Crippen LogP contribution in [0.25, 0.3) is 0 Å². The van der Waals surface area contributed by atoms with Gasteiger partial charge in [-0.2, -0.15) is 0 Å². The fourth-order valence-corrected chi connectivity index (χ4v) is 2.55. The molecule has 23 heavy (non-hydrogen) atoms. The van der Waals surface area contributed by atoms with Crippen LogP contribution >= 0.6 is 0 Å². The highest BCUT2D eigenvalue weighted by atomic mass is 16.5. The van der Waals surface area contributed by atoms with Crippen LogP contribution in [0.1, 0.15) is 34.1 Å². The quantitative estimate of drug-likeness (QED) is 0.320. The molecule has 0 fully saturated rings. The summed E-state index contributed by atoms with van der Waals surface area (Å²) in [7, 11) is 5.69. The lowest BCUT2D eigenvalue weighted by molar-refractivity contribution is 0.161. The average Bonchev–Trinajstić information content (AvgIpc) is 2.50. The molecule has 0 aromatic heterocycles. The molecule has 6 heteroatoms. The van der Waals surface area contributed by atoms with Gasteiger partial charge in [0.25, 0.3) is 0 Å². The predicted molar refractivity (Wildman–Crippen MR) is 100 cm³/mol. The van der Waals surface area contributed by atoms with Crippen LogP contribution in [0.5, 0.6) is 0 Å². The van der Waals surface area contributed by atoms with E-state index in [0.29, 0.717) is 12.1 Å². The second-order valence-electron chi connectivity index (χ2n) is 6.50. The number of methoxy groups -OCH3 is 1. The van der Waals surface area contributed by atoms with Gasteiger partial charge in [-0.15, -0.1) is 0 Å². The maximum atomic E-state index is 5.08. The van der Waals surface area contributed by atoms with Crippen LogP contribution in [0.3, 0.4) is 0 Å². The molecular formula is C17H39N5O. The van der Waals surface area contributed by atoms with Crippen molar-refractivity contribution in [1.82, 2.24) is 20.4 Å². The van der Waals surface area contributed by atoms with Gasteiger partial charge in [0, 0.05) is 52.4 Å². The zero-order chi connectivity index (χ0) is 17.7. The number of ether oxygens (including phenoxy) is 1. The van der Waals surface area contributed by atoms with E-state index in [1.807, 2.05) is 7.05 Å². The van der Waals surface area contributed by atoms with Crippen molar-refractivity contribution in [2.45, 2.75) is 46.2 Å². The Morgan fingerprint density at radius 2 is 1.61 bits per heavy atom. The number of nitrogens with zero attached hydrogens (tertiary/aromatic N) is 3. The zero-order valence-corrected chi connectivity index (χ0v) is 16.4. The SMILES string of the molecule is CN=C(NCCCN(C)CCOC)NCCN(C(C)C)C(C)C. The Bertz CT molecular complexity index is 299. The monoisotopic (exact) mass is 329 g/mol. The van der Waals surface area contributed by atoms with E-state index in [1.165, 1.54) is 0 Å². The Hall–Kier alpha value is -0.850. The van der Waals surface area contributed by atoms with E-state index in [-0.39, 0.29) is 0 Å². The number of hydrogen-bond donors (Lipinski definition) is 2. The van der Waals surface area contributed by atoms with Crippen molar-refractivity contribution in [2.75, 3.05) is 60.5 Å². The van der Waals surface area contributed by atoms with Crippen LogP contribution in [0, 0.1) is 0 Å². The number of rotatable bonds is 12. The normalized spacial score (nSPS) is 12.7. The summed E-state index contributed by atoms with van der Waals surface area (Å²) in [5, 5.41) is 6.77. The standard InChI is InChI=1S/C17H39N5O/c1-15(2)22(16(3)4)12-10-20-17(18-5)19-9-8-11-21(6)13-14-23-7/h15-16H,8-14H2,1-7H3,(H2,18,19,20). The van der Waals surface area contributed by atoms with Gasteiger partial charge in [0.2, 0.25) is 0 Å². The molecule has 0 aromatic rings. The maximum Gasteiger partial charge on any atom is 0.191 e. The first-order chi connectivity index (χ1) is 10.9. The van der Waals surface area contributed by atoms with E-state index >= 15 is 0 Å². The lowest BCUT2D eigenvalue weighted by Crippen LogP contribution is -2.45. The van der Waals surface area contributed by atoms with Gasteiger partial charge in [0.15, 0.2) is 5.96 Å². The van der Waals surface area contributed by atoms with Crippen LogP contribution in [0.2, 0.25) is 0 Å². The van der Waals surface area contributed by atoms with E-state index in [9.17, 15) is 0 Å². The average molecular weight is 330 g/mol. The number of likely N-dealkylation sites (N-methyl/N-ethyl adjacent to an activating group) is 1. The molecule has 0 aliphatic carbocycles. The van der Waals surface area contributed by atoms with Gasteiger partial charge in [-0.05, 0) is 47.7 Å². The van der Waals surface area contributed by atoms with Crippen LogP contribution in [0.15, 0.2) is 4.99 Å². The van der Waals surface area contributed by atoms with Gasteiger partial charge in [0.1, 0.15) is 0 Å². The van der Waals surface area contributed by atoms with Crippen LogP contribution in [-0.2, 0) is 4.74 Å². The molecule has 0 heterocycles. The molecule has 0 aromatic carbocycles. The molecule has 0 unspecified atom stereocenters. The molecule has 0 saturated carbocycles. The summed E-state index contributed by atoms with van der Waals surface area (Å²) in [6, 6.07) is 1.13. The summed E-state index contributed by atoms with van der Waals surface area (Å²) in [6.45, 7) is 14.6. The number of aliphatic imine (C=N–C) groups is 1. The van der Waals surface area contributed by atoms with Gasteiger partial charge in [0.05, 0.1) is 6.61 Å². The number of hydrogen-bond acceptors (Lipinski definition) is 4. The third-order valence-electron chi connectivity index (χ3n) is 3.90.